The standard InChI is InChI=1S/C18H29NO2/c1-17(2,3)13-10-16(21-5)14(11-15(13)20-4)18(12-19)8-6-7-9-18/h10-11H,6-9,12,19H2,1-5H3. The van der Waals surface area contributed by atoms with Gasteiger partial charge < -0.3 is 15.2 Å². The van der Waals surface area contributed by atoms with Crippen molar-refractivity contribution in [1.29, 1.82) is 0 Å². The molecule has 1 aromatic rings. The maximum atomic E-state index is 6.14. The van der Waals surface area contributed by atoms with E-state index in [2.05, 4.69) is 32.9 Å². The Morgan fingerprint density at radius 1 is 1.05 bits per heavy atom. The Morgan fingerprint density at radius 3 is 2.05 bits per heavy atom. The molecule has 0 bridgehead atoms. The molecule has 0 radical (unpaired) electrons. The predicted octanol–water partition coefficient (Wildman–Crippen LogP) is 3.77. The van der Waals surface area contributed by atoms with Crippen molar-refractivity contribution in [1.82, 2.24) is 0 Å². The van der Waals surface area contributed by atoms with Gasteiger partial charge in [-0.2, -0.15) is 0 Å². The topological polar surface area (TPSA) is 44.5 Å². The lowest BCUT2D eigenvalue weighted by Gasteiger charge is -2.32. The van der Waals surface area contributed by atoms with Gasteiger partial charge in [-0.05, 0) is 30.4 Å². The summed E-state index contributed by atoms with van der Waals surface area (Å²) in [5, 5.41) is 0. The Kier molecular flexibility index (Phi) is 4.52. The first-order chi connectivity index (χ1) is 9.88. The SMILES string of the molecule is COc1cc(C2(CN)CCCC2)c(OC)cc1C(C)(C)C. The van der Waals surface area contributed by atoms with Gasteiger partial charge in [0.2, 0.25) is 0 Å². The van der Waals surface area contributed by atoms with Crippen molar-refractivity contribution >= 4 is 0 Å². The third kappa shape index (κ3) is 2.89. The number of nitrogens with two attached hydrogens (primary N) is 1. The highest BCUT2D eigenvalue weighted by Crippen LogP contribution is 2.47. The normalized spacial score (nSPS) is 17.8. The van der Waals surface area contributed by atoms with E-state index in [1.54, 1.807) is 14.2 Å². The van der Waals surface area contributed by atoms with Gasteiger partial charge in [-0.15, -0.1) is 0 Å². The quantitative estimate of drug-likeness (QED) is 0.918. The summed E-state index contributed by atoms with van der Waals surface area (Å²) in [6, 6.07) is 4.31. The number of hydrogen-bond acceptors (Lipinski definition) is 3. The number of rotatable bonds is 4. The van der Waals surface area contributed by atoms with E-state index in [0.717, 1.165) is 24.3 Å². The molecule has 0 saturated heterocycles. The summed E-state index contributed by atoms with van der Waals surface area (Å²) in [7, 11) is 3.49. The van der Waals surface area contributed by atoms with E-state index >= 15 is 0 Å². The van der Waals surface area contributed by atoms with Gasteiger partial charge in [-0.3, -0.25) is 0 Å². The monoisotopic (exact) mass is 291 g/mol. The molecule has 1 fully saturated rings. The van der Waals surface area contributed by atoms with Crippen molar-refractivity contribution in [3.05, 3.63) is 23.3 Å². The van der Waals surface area contributed by atoms with Gasteiger partial charge >= 0.3 is 0 Å². The molecule has 0 heterocycles. The summed E-state index contributed by atoms with van der Waals surface area (Å²) in [6.45, 7) is 7.25. The van der Waals surface area contributed by atoms with Crippen molar-refractivity contribution in [2.24, 2.45) is 5.73 Å². The average Bonchev–Trinajstić information content (AvgIpc) is 2.94. The van der Waals surface area contributed by atoms with E-state index in [1.165, 1.54) is 24.0 Å². The zero-order valence-corrected chi connectivity index (χ0v) is 14.1. The summed E-state index contributed by atoms with van der Waals surface area (Å²) in [5.74, 6) is 1.89. The van der Waals surface area contributed by atoms with Crippen LogP contribution in [0.25, 0.3) is 0 Å². The lowest BCUT2D eigenvalue weighted by Crippen LogP contribution is -2.32. The number of methoxy groups -OCH3 is 2. The minimum Gasteiger partial charge on any atom is -0.496 e. The molecule has 0 spiro atoms. The highest BCUT2D eigenvalue weighted by molar-refractivity contribution is 5.52. The van der Waals surface area contributed by atoms with Crippen LogP contribution in [0.4, 0.5) is 0 Å². The molecule has 3 nitrogen and oxygen atoms in total. The largest absolute Gasteiger partial charge is 0.496 e. The first kappa shape index (κ1) is 16.2. The Bertz CT molecular complexity index is 497. The molecule has 1 aliphatic carbocycles. The third-order valence-corrected chi connectivity index (χ3v) is 4.85. The molecular formula is C18H29NO2. The Balaban J connectivity index is 2.61. The molecule has 0 aromatic heterocycles. The molecule has 1 aliphatic rings. The minimum absolute atomic E-state index is 0.0166. The van der Waals surface area contributed by atoms with E-state index in [-0.39, 0.29) is 10.8 Å². The summed E-state index contributed by atoms with van der Waals surface area (Å²) < 4.78 is 11.4. The van der Waals surface area contributed by atoms with E-state index in [9.17, 15) is 0 Å². The van der Waals surface area contributed by atoms with Gasteiger partial charge in [0.15, 0.2) is 0 Å². The Labute approximate surface area is 128 Å². The molecule has 0 atom stereocenters. The van der Waals surface area contributed by atoms with Gasteiger partial charge in [0.1, 0.15) is 11.5 Å². The van der Waals surface area contributed by atoms with Crippen LogP contribution < -0.4 is 15.2 Å². The number of ether oxygens (including phenoxy) is 2. The summed E-state index contributed by atoms with van der Waals surface area (Å²) >= 11 is 0. The number of benzene rings is 1. The van der Waals surface area contributed by atoms with Crippen LogP contribution in [0.15, 0.2) is 12.1 Å². The van der Waals surface area contributed by atoms with Gasteiger partial charge in [-0.1, -0.05) is 33.6 Å². The predicted molar refractivity (Wildman–Crippen MR) is 87.4 cm³/mol. The maximum Gasteiger partial charge on any atom is 0.123 e. The highest BCUT2D eigenvalue weighted by atomic mass is 16.5. The molecule has 2 N–H and O–H groups in total. The second kappa shape index (κ2) is 5.88. The van der Waals surface area contributed by atoms with Crippen LogP contribution in [0.5, 0.6) is 11.5 Å². The smallest absolute Gasteiger partial charge is 0.123 e. The van der Waals surface area contributed by atoms with Gasteiger partial charge in [-0.25, -0.2) is 0 Å². The Hall–Kier alpha value is -1.22. The Morgan fingerprint density at radius 2 is 1.62 bits per heavy atom. The van der Waals surface area contributed by atoms with Crippen LogP contribution in [0.3, 0.4) is 0 Å². The first-order valence-corrected chi connectivity index (χ1v) is 7.85. The van der Waals surface area contributed by atoms with Gasteiger partial charge in [0, 0.05) is 23.1 Å². The van der Waals surface area contributed by atoms with Crippen molar-refractivity contribution in [3.8, 4) is 11.5 Å². The van der Waals surface area contributed by atoms with Crippen LogP contribution in [-0.4, -0.2) is 20.8 Å². The molecule has 2 rings (SSSR count). The average molecular weight is 291 g/mol. The second-order valence-electron chi connectivity index (χ2n) is 7.19. The van der Waals surface area contributed by atoms with Crippen LogP contribution in [0.1, 0.15) is 57.6 Å². The van der Waals surface area contributed by atoms with E-state index in [4.69, 9.17) is 15.2 Å². The van der Waals surface area contributed by atoms with E-state index < -0.39 is 0 Å². The molecule has 0 unspecified atom stereocenters. The summed E-state index contributed by atoms with van der Waals surface area (Å²) in [5.41, 5.74) is 8.60. The molecule has 0 aliphatic heterocycles. The van der Waals surface area contributed by atoms with Crippen molar-refractivity contribution in [2.75, 3.05) is 20.8 Å². The lowest BCUT2D eigenvalue weighted by atomic mass is 9.76. The van der Waals surface area contributed by atoms with Gasteiger partial charge in [0.25, 0.3) is 0 Å². The second-order valence-corrected chi connectivity index (χ2v) is 7.19. The van der Waals surface area contributed by atoms with Crippen molar-refractivity contribution in [2.45, 2.75) is 57.3 Å². The van der Waals surface area contributed by atoms with Crippen LogP contribution >= 0.6 is 0 Å². The van der Waals surface area contributed by atoms with Crippen LogP contribution in [0, 0.1) is 0 Å². The van der Waals surface area contributed by atoms with Crippen LogP contribution in [0.2, 0.25) is 0 Å². The fraction of sp³-hybridized carbons (Fsp3) is 0.667. The van der Waals surface area contributed by atoms with E-state index in [0.29, 0.717) is 6.54 Å². The first-order valence-electron chi connectivity index (χ1n) is 7.85. The number of hydrogen-bond donors (Lipinski definition) is 1. The fourth-order valence-electron chi connectivity index (χ4n) is 3.53. The molecule has 3 heteroatoms. The zero-order valence-electron chi connectivity index (χ0n) is 14.1. The van der Waals surface area contributed by atoms with Crippen molar-refractivity contribution in [3.63, 3.8) is 0 Å². The molecular weight excluding hydrogens is 262 g/mol. The third-order valence-electron chi connectivity index (χ3n) is 4.85. The summed E-state index contributed by atoms with van der Waals surface area (Å²) in [4.78, 5) is 0. The van der Waals surface area contributed by atoms with Crippen LogP contribution in [-0.2, 0) is 10.8 Å². The molecule has 118 valence electrons. The molecule has 21 heavy (non-hydrogen) atoms. The van der Waals surface area contributed by atoms with E-state index in [1.807, 2.05) is 0 Å². The molecule has 0 amide bonds. The molecule has 1 saturated carbocycles. The fourth-order valence-corrected chi connectivity index (χ4v) is 3.53. The highest BCUT2D eigenvalue weighted by Gasteiger charge is 2.38. The van der Waals surface area contributed by atoms with Crippen molar-refractivity contribution < 1.29 is 9.47 Å². The minimum atomic E-state index is 0.0166. The molecule has 1 aromatic carbocycles. The lowest BCUT2D eigenvalue weighted by molar-refractivity contribution is 0.363. The zero-order chi connectivity index (χ0) is 15.7. The maximum absolute atomic E-state index is 6.14. The summed E-state index contributed by atoms with van der Waals surface area (Å²) in [6.07, 6.45) is 4.75. The van der Waals surface area contributed by atoms with Gasteiger partial charge in [0.05, 0.1) is 14.2 Å².